The van der Waals surface area contributed by atoms with Gasteiger partial charge < -0.3 is 19.4 Å². The molecule has 1 aromatic carbocycles. The van der Waals surface area contributed by atoms with Gasteiger partial charge in [-0.05, 0) is 35.9 Å². The Morgan fingerprint density at radius 2 is 2.03 bits per heavy atom. The van der Waals surface area contributed by atoms with Crippen molar-refractivity contribution in [1.82, 2.24) is 25.5 Å². The van der Waals surface area contributed by atoms with Gasteiger partial charge in [-0.15, -0.1) is 0 Å². The third kappa shape index (κ3) is 3.54. The topological polar surface area (TPSA) is 150 Å². The Hall–Kier alpha value is -5.24. The second-order valence-corrected chi connectivity index (χ2v) is 8.76. The predicted molar refractivity (Wildman–Crippen MR) is 128 cm³/mol. The number of fused-ring (bicyclic) bond motifs is 2. The highest BCUT2D eigenvalue weighted by molar-refractivity contribution is 6.08. The van der Waals surface area contributed by atoms with Crippen LogP contribution >= 0.6 is 0 Å². The fourth-order valence-electron chi connectivity index (χ4n) is 4.67. The van der Waals surface area contributed by atoms with Crippen LogP contribution < -0.4 is 15.4 Å². The van der Waals surface area contributed by atoms with E-state index < -0.39 is 17.5 Å². The number of pyridine rings is 2. The molecule has 6 rings (SSSR count). The van der Waals surface area contributed by atoms with E-state index in [1.807, 2.05) is 6.07 Å². The molecule has 3 aromatic heterocycles. The van der Waals surface area contributed by atoms with Gasteiger partial charge in [-0.3, -0.25) is 19.9 Å². The number of nitriles is 1. The molecule has 1 atom stereocenters. The third-order valence-corrected chi connectivity index (χ3v) is 6.52. The van der Waals surface area contributed by atoms with Crippen molar-refractivity contribution in [2.45, 2.75) is 12.1 Å². The largest absolute Gasteiger partial charge is 0.497 e. The molecular formula is C26H18N6O5. The highest BCUT2D eigenvalue weighted by Gasteiger charge is 2.53. The first-order valence-electron chi connectivity index (χ1n) is 11.3. The summed E-state index contributed by atoms with van der Waals surface area (Å²) in [6.45, 7) is 0.106. The number of benzene rings is 1. The van der Waals surface area contributed by atoms with Crippen molar-refractivity contribution in [1.29, 1.82) is 5.26 Å². The number of furan rings is 1. The number of methoxy groups -OCH3 is 1. The number of hydrogen-bond acceptors (Lipinski definition) is 8. The molecule has 4 amide bonds. The maximum absolute atomic E-state index is 13.2. The first kappa shape index (κ1) is 22.2. The maximum atomic E-state index is 13.2. The molecule has 0 bridgehead atoms. The molecule has 0 radical (unpaired) electrons. The lowest BCUT2D eigenvalue weighted by molar-refractivity contribution is -0.125. The monoisotopic (exact) mass is 494 g/mol. The average molecular weight is 494 g/mol. The lowest BCUT2D eigenvalue weighted by Gasteiger charge is -2.28. The summed E-state index contributed by atoms with van der Waals surface area (Å²) in [5.74, 6) is -0.237. The normalized spacial score (nSPS) is 18.5. The number of aromatic nitrogens is 2. The first-order valence-corrected chi connectivity index (χ1v) is 11.3. The van der Waals surface area contributed by atoms with Crippen molar-refractivity contribution in [2.24, 2.45) is 0 Å². The second kappa shape index (κ2) is 8.17. The molecule has 0 spiro atoms. The van der Waals surface area contributed by atoms with E-state index in [0.717, 1.165) is 5.56 Å². The number of carbonyl (C=O) groups excluding carboxylic acids is 3. The summed E-state index contributed by atoms with van der Waals surface area (Å²) in [6.07, 6.45) is 3.05. The van der Waals surface area contributed by atoms with Crippen molar-refractivity contribution < 1.29 is 23.5 Å². The van der Waals surface area contributed by atoms with Crippen LogP contribution in [-0.4, -0.2) is 46.4 Å². The Morgan fingerprint density at radius 1 is 1.16 bits per heavy atom. The number of nitrogens with one attached hydrogen (secondary N) is 2. The number of urea groups is 1. The summed E-state index contributed by atoms with van der Waals surface area (Å²) in [7, 11) is 1.52. The molecule has 11 nitrogen and oxygen atoms in total. The van der Waals surface area contributed by atoms with Crippen LogP contribution in [0.2, 0.25) is 0 Å². The SMILES string of the molecule is COc1ccc2c(c1)C(=O)N(C[C@@]1(c3cc4nc(-c5cncc(C#N)c5)ccc4o3)NC(=O)NC1=O)C2. The smallest absolute Gasteiger partial charge is 0.322 e. The van der Waals surface area contributed by atoms with Crippen molar-refractivity contribution >= 4 is 28.9 Å². The van der Waals surface area contributed by atoms with Gasteiger partial charge in [-0.1, -0.05) is 6.07 Å². The number of amides is 4. The minimum Gasteiger partial charge on any atom is -0.497 e. The molecule has 37 heavy (non-hydrogen) atoms. The van der Waals surface area contributed by atoms with Gasteiger partial charge in [-0.25, -0.2) is 9.78 Å². The van der Waals surface area contributed by atoms with E-state index in [4.69, 9.17) is 14.4 Å². The second-order valence-electron chi connectivity index (χ2n) is 8.76. The standard InChI is InChI=1S/C26H18N6O5/c1-36-17-3-2-15-12-32(23(33)18(15)7-17)13-26(24(34)30-25(35)31-26)22-8-20-21(37-22)5-4-19(29-20)16-6-14(9-27)10-28-11-16/h2-8,10-11H,12-13H2,1H3,(H2,30,31,34,35)/t26-/m0/s1. The number of hydrogen-bond donors (Lipinski definition) is 2. The van der Waals surface area contributed by atoms with E-state index in [0.29, 0.717) is 39.2 Å². The van der Waals surface area contributed by atoms with Crippen LogP contribution in [-0.2, 0) is 16.9 Å². The molecule has 5 heterocycles. The van der Waals surface area contributed by atoms with E-state index in [1.165, 1.54) is 18.2 Å². The van der Waals surface area contributed by atoms with E-state index in [9.17, 15) is 14.4 Å². The van der Waals surface area contributed by atoms with Crippen LogP contribution in [0, 0.1) is 11.3 Å². The molecule has 4 aromatic rings. The highest BCUT2D eigenvalue weighted by atomic mass is 16.5. The van der Waals surface area contributed by atoms with E-state index in [2.05, 4.69) is 20.6 Å². The van der Waals surface area contributed by atoms with Crippen LogP contribution in [0.5, 0.6) is 5.75 Å². The van der Waals surface area contributed by atoms with Crippen LogP contribution in [0.3, 0.4) is 0 Å². The number of carbonyl (C=O) groups is 3. The lowest BCUT2D eigenvalue weighted by Crippen LogP contribution is -2.52. The number of imide groups is 1. The van der Waals surface area contributed by atoms with Crippen LogP contribution in [0.25, 0.3) is 22.4 Å². The highest BCUT2D eigenvalue weighted by Crippen LogP contribution is 2.35. The fourth-order valence-corrected chi connectivity index (χ4v) is 4.67. The van der Waals surface area contributed by atoms with Gasteiger partial charge in [0, 0.05) is 36.1 Å². The summed E-state index contributed by atoms with van der Waals surface area (Å²) < 4.78 is 11.2. The van der Waals surface area contributed by atoms with Crippen LogP contribution in [0.4, 0.5) is 4.79 Å². The van der Waals surface area contributed by atoms with Gasteiger partial charge in [-0.2, -0.15) is 5.26 Å². The van der Waals surface area contributed by atoms with E-state index in [1.54, 1.807) is 48.7 Å². The first-order chi connectivity index (χ1) is 17.9. The molecule has 11 heteroatoms. The predicted octanol–water partition coefficient (Wildman–Crippen LogP) is 2.46. The van der Waals surface area contributed by atoms with Gasteiger partial charge in [0.2, 0.25) is 0 Å². The van der Waals surface area contributed by atoms with Crippen molar-refractivity contribution in [3.8, 4) is 23.1 Å². The average Bonchev–Trinajstić information content (AvgIpc) is 3.57. The Bertz CT molecular complexity index is 1670. The number of rotatable bonds is 5. The molecule has 0 unspecified atom stereocenters. The summed E-state index contributed by atoms with van der Waals surface area (Å²) in [5.41, 5.74) is 2.02. The van der Waals surface area contributed by atoms with Gasteiger partial charge in [0.1, 0.15) is 23.1 Å². The molecule has 2 N–H and O–H groups in total. The third-order valence-electron chi connectivity index (χ3n) is 6.52. The minimum absolute atomic E-state index is 0.140. The molecule has 0 saturated carbocycles. The number of nitrogens with zero attached hydrogens (tertiary/aromatic N) is 4. The molecule has 1 fully saturated rings. The van der Waals surface area contributed by atoms with Gasteiger partial charge >= 0.3 is 6.03 Å². The van der Waals surface area contributed by atoms with Crippen molar-refractivity contribution in [2.75, 3.05) is 13.7 Å². The molecule has 0 aliphatic carbocycles. The lowest BCUT2D eigenvalue weighted by atomic mass is 9.95. The van der Waals surface area contributed by atoms with Gasteiger partial charge in [0.05, 0.1) is 24.9 Å². The van der Waals surface area contributed by atoms with E-state index in [-0.39, 0.29) is 24.8 Å². The Kier molecular flexibility index (Phi) is 4.91. The zero-order valence-electron chi connectivity index (χ0n) is 19.4. The summed E-state index contributed by atoms with van der Waals surface area (Å²) in [4.78, 5) is 48.8. The summed E-state index contributed by atoms with van der Waals surface area (Å²) >= 11 is 0. The van der Waals surface area contributed by atoms with Gasteiger partial charge in [0.25, 0.3) is 11.8 Å². The van der Waals surface area contributed by atoms with Crippen LogP contribution in [0.1, 0.15) is 27.2 Å². The Morgan fingerprint density at radius 3 is 2.78 bits per heavy atom. The van der Waals surface area contributed by atoms with Gasteiger partial charge in [0.15, 0.2) is 11.1 Å². The van der Waals surface area contributed by atoms with Crippen molar-refractivity contribution in [3.05, 3.63) is 77.3 Å². The van der Waals surface area contributed by atoms with Crippen molar-refractivity contribution in [3.63, 3.8) is 0 Å². The molecule has 182 valence electrons. The zero-order valence-corrected chi connectivity index (χ0v) is 19.4. The molecule has 1 saturated heterocycles. The fraction of sp³-hybridized carbons (Fsp3) is 0.154. The molecule has 2 aliphatic rings. The summed E-state index contributed by atoms with van der Waals surface area (Å²) in [5, 5.41) is 14.1. The maximum Gasteiger partial charge on any atom is 0.322 e. The quantitative estimate of drug-likeness (QED) is 0.402. The van der Waals surface area contributed by atoms with E-state index >= 15 is 0 Å². The Labute approximate surface area is 209 Å². The zero-order chi connectivity index (χ0) is 25.7. The molecule has 2 aliphatic heterocycles. The Balaban J connectivity index is 1.38. The minimum atomic E-state index is -1.65. The molecular weight excluding hydrogens is 476 g/mol. The number of ether oxygens (including phenoxy) is 1. The van der Waals surface area contributed by atoms with Crippen LogP contribution in [0.15, 0.2) is 59.3 Å². The summed E-state index contributed by atoms with van der Waals surface area (Å²) in [6, 6.07) is 13.2.